The van der Waals surface area contributed by atoms with Gasteiger partial charge in [-0.2, -0.15) is 0 Å². The molecule has 1 aromatic heterocycles. The van der Waals surface area contributed by atoms with Crippen LogP contribution in [0.3, 0.4) is 0 Å². The van der Waals surface area contributed by atoms with Gasteiger partial charge in [-0.15, -0.1) is 0 Å². The van der Waals surface area contributed by atoms with Gasteiger partial charge in [0.1, 0.15) is 12.4 Å². The molecule has 1 aliphatic rings. The van der Waals surface area contributed by atoms with E-state index in [2.05, 4.69) is 27.5 Å². The van der Waals surface area contributed by atoms with E-state index in [1.165, 1.54) is 11.3 Å². The average Bonchev–Trinajstić information content (AvgIpc) is 3.12. The zero-order chi connectivity index (χ0) is 26.0. The smallest absolute Gasteiger partial charge is 0.338 e. The van der Waals surface area contributed by atoms with Crippen LogP contribution < -0.4 is 19.6 Å². The summed E-state index contributed by atoms with van der Waals surface area (Å²) in [4.78, 5) is 31.9. The molecule has 0 bridgehead atoms. The van der Waals surface area contributed by atoms with Gasteiger partial charge in [0.25, 0.3) is 5.56 Å². The molecule has 2 heterocycles. The van der Waals surface area contributed by atoms with E-state index < -0.39 is 12.0 Å². The largest absolute Gasteiger partial charge is 0.488 e. The maximum atomic E-state index is 13.8. The standard InChI is InChI=1S/C27H24BrClN2O4S/c1-5-11-35-24-18(12-19(29)14-20(24)28)13-21-25(32)31-23(17-9-7-15(3)8-10-17)22(26(33)34-6-2)16(4)30-27(31)36-21/h5,7-10,12-14,23H,1,6,11H2,2-4H3/b21-13-/t23-/m1/s1. The minimum absolute atomic E-state index is 0.220. The number of halogens is 2. The highest BCUT2D eigenvalue weighted by Crippen LogP contribution is 2.34. The summed E-state index contributed by atoms with van der Waals surface area (Å²) in [7, 11) is 0. The number of thiazole rings is 1. The molecule has 36 heavy (non-hydrogen) atoms. The van der Waals surface area contributed by atoms with Gasteiger partial charge in [-0.25, -0.2) is 9.79 Å². The third kappa shape index (κ3) is 5.12. The molecule has 0 amide bonds. The Hall–Kier alpha value is -2.94. The maximum Gasteiger partial charge on any atom is 0.338 e. The van der Waals surface area contributed by atoms with Crippen LogP contribution in [0.1, 0.15) is 36.6 Å². The molecule has 2 aromatic carbocycles. The van der Waals surface area contributed by atoms with Crippen LogP contribution in [0.4, 0.5) is 0 Å². The Kier molecular flexibility index (Phi) is 7.97. The fraction of sp³-hybridized carbons (Fsp3) is 0.222. The first-order chi connectivity index (χ1) is 17.2. The van der Waals surface area contributed by atoms with Crippen molar-refractivity contribution < 1.29 is 14.3 Å². The van der Waals surface area contributed by atoms with Crippen molar-refractivity contribution in [3.05, 3.63) is 106 Å². The van der Waals surface area contributed by atoms with E-state index in [0.29, 0.717) is 41.4 Å². The van der Waals surface area contributed by atoms with E-state index in [0.717, 1.165) is 11.1 Å². The normalized spacial score (nSPS) is 15.4. The summed E-state index contributed by atoms with van der Waals surface area (Å²) >= 11 is 11.0. The summed E-state index contributed by atoms with van der Waals surface area (Å²) in [6.07, 6.45) is 3.37. The van der Waals surface area contributed by atoms with Crippen molar-refractivity contribution in [2.75, 3.05) is 13.2 Å². The molecule has 0 N–H and O–H groups in total. The Labute approximate surface area is 226 Å². The Morgan fingerprint density at radius 1 is 1.28 bits per heavy atom. The number of esters is 1. The zero-order valence-electron chi connectivity index (χ0n) is 20.0. The SMILES string of the molecule is C=CCOc1c(Br)cc(Cl)cc1/C=c1\sc2n(c1=O)[C@H](c1ccc(C)cc1)C(C(=O)OCC)=C(C)N=2. The van der Waals surface area contributed by atoms with Crippen LogP contribution in [-0.4, -0.2) is 23.8 Å². The van der Waals surface area contributed by atoms with E-state index in [4.69, 9.17) is 21.1 Å². The molecule has 1 atom stereocenters. The van der Waals surface area contributed by atoms with Crippen LogP contribution >= 0.6 is 38.9 Å². The van der Waals surface area contributed by atoms with Crippen LogP contribution in [0.2, 0.25) is 5.02 Å². The lowest BCUT2D eigenvalue weighted by molar-refractivity contribution is -0.139. The van der Waals surface area contributed by atoms with Crippen molar-refractivity contribution in [3.8, 4) is 5.75 Å². The third-order valence-electron chi connectivity index (χ3n) is 5.58. The number of aryl methyl sites for hydroxylation is 1. The molecule has 0 radical (unpaired) electrons. The van der Waals surface area contributed by atoms with Gasteiger partial charge >= 0.3 is 5.97 Å². The molecule has 1 aliphatic heterocycles. The van der Waals surface area contributed by atoms with Gasteiger partial charge in [0.15, 0.2) is 4.80 Å². The van der Waals surface area contributed by atoms with Crippen LogP contribution in [0.15, 0.2) is 74.6 Å². The van der Waals surface area contributed by atoms with E-state index in [-0.39, 0.29) is 18.8 Å². The molecule has 6 nitrogen and oxygen atoms in total. The quantitative estimate of drug-likeness (QED) is 0.285. The summed E-state index contributed by atoms with van der Waals surface area (Å²) in [6.45, 7) is 9.70. The van der Waals surface area contributed by atoms with Crippen molar-refractivity contribution in [1.29, 1.82) is 0 Å². The molecule has 4 rings (SSSR count). The number of hydrogen-bond acceptors (Lipinski definition) is 6. The molecule has 0 fully saturated rings. The minimum atomic E-state index is -0.661. The van der Waals surface area contributed by atoms with Crippen molar-refractivity contribution in [2.24, 2.45) is 4.99 Å². The van der Waals surface area contributed by atoms with Crippen molar-refractivity contribution in [2.45, 2.75) is 26.8 Å². The number of benzene rings is 2. The molecule has 0 spiro atoms. The summed E-state index contributed by atoms with van der Waals surface area (Å²) < 4.78 is 13.8. The molecule has 186 valence electrons. The number of hydrogen-bond donors (Lipinski definition) is 0. The first-order valence-electron chi connectivity index (χ1n) is 11.2. The number of carbonyl (C=O) groups is 1. The number of ether oxygens (including phenoxy) is 2. The van der Waals surface area contributed by atoms with E-state index in [1.54, 1.807) is 42.7 Å². The molecule has 3 aromatic rings. The summed E-state index contributed by atoms with van der Waals surface area (Å²) in [6, 6.07) is 10.5. The Balaban J connectivity index is 1.96. The van der Waals surface area contributed by atoms with Crippen LogP contribution in [0.25, 0.3) is 6.08 Å². The number of rotatable bonds is 7. The van der Waals surface area contributed by atoms with Crippen molar-refractivity contribution >= 4 is 50.9 Å². The fourth-order valence-corrected chi connectivity index (χ4v) is 5.96. The summed E-state index contributed by atoms with van der Waals surface area (Å²) in [5.74, 6) is 0.0566. The third-order valence-corrected chi connectivity index (χ3v) is 7.37. The van der Waals surface area contributed by atoms with Crippen LogP contribution in [0.5, 0.6) is 5.75 Å². The van der Waals surface area contributed by atoms with Crippen LogP contribution in [-0.2, 0) is 9.53 Å². The molecule has 0 saturated carbocycles. The number of aromatic nitrogens is 1. The Bertz CT molecular complexity index is 1550. The molecule has 0 aliphatic carbocycles. The van der Waals surface area contributed by atoms with E-state index >= 15 is 0 Å². The summed E-state index contributed by atoms with van der Waals surface area (Å²) in [5, 5.41) is 0.491. The lowest BCUT2D eigenvalue weighted by atomic mass is 9.95. The van der Waals surface area contributed by atoms with Crippen molar-refractivity contribution in [1.82, 2.24) is 4.57 Å². The monoisotopic (exact) mass is 586 g/mol. The number of fused-ring (bicyclic) bond motifs is 1. The van der Waals surface area contributed by atoms with Gasteiger partial charge in [-0.05, 0) is 60.5 Å². The first-order valence-corrected chi connectivity index (χ1v) is 13.2. The molecule has 9 heteroatoms. The predicted molar refractivity (Wildman–Crippen MR) is 146 cm³/mol. The zero-order valence-corrected chi connectivity index (χ0v) is 23.2. The fourth-order valence-electron chi connectivity index (χ4n) is 3.98. The highest BCUT2D eigenvalue weighted by molar-refractivity contribution is 9.10. The van der Waals surface area contributed by atoms with Gasteiger partial charge < -0.3 is 9.47 Å². The Morgan fingerprint density at radius 2 is 2.00 bits per heavy atom. The second-order valence-electron chi connectivity index (χ2n) is 8.12. The Morgan fingerprint density at radius 3 is 2.67 bits per heavy atom. The molecular weight excluding hydrogens is 564 g/mol. The lowest BCUT2D eigenvalue weighted by Gasteiger charge is -2.24. The molecule has 0 saturated heterocycles. The van der Waals surface area contributed by atoms with E-state index in [1.807, 2.05) is 31.2 Å². The second kappa shape index (κ2) is 11.0. The summed E-state index contributed by atoms with van der Waals surface area (Å²) in [5.41, 5.74) is 3.10. The highest BCUT2D eigenvalue weighted by Gasteiger charge is 2.33. The van der Waals surface area contributed by atoms with Gasteiger partial charge in [0.2, 0.25) is 0 Å². The number of allylic oxidation sites excluding steroid dienone is 1. The van der Waals surface area contributed by atoms with Gasteiger partial charge in [-0.1, -0.05) is 65.4 Å². The topological polar surface area (TPSA) is 69.9 Å². The van der Waals surface area contributed by atoms with Gasteiger partial charge in [-0.3, -0.25) is 9.36 Å². The van der Waals surface area contributed by atoms with Crippen molar-refractivity contribution in [3.63, 3.8) is 0 Å². The molecule has 0 unspecified atom stereocenters. The predicted octanol–water partition coefficient (Wildman–Crippen LogP) is 5.09. The number of nitrogens with zero attached hydrogens (tertiary/aromatic N) is 2. The molecular formula is C27H24BrClN2O4S. The van der Waals surface area contributed by atoms with Crippen LogP contribution in [0, 0.1) is 6.92 Å². The minimum Gasteiger partial charge on any atom is -0.488 e. The van der Waals surface area contributed by atoms with E-state index in [9.17, 15) is 9.59 Å². The van der Waals surface area contributed by atoms with Gasteiger partial charge in [0.05, 0.1) is 32.9 Å². The second-order valence-corrected chi connectivity index (χ2v) is 10.4. The average molecular weight is 588 g/mol. The maximum absolute atomic E-state index is 13.8. The number of carbonyl (C=O) groups excluding carboxylic acids is 1. The highest BCUT2D eigenvalue weighted by atomic mass is 79.9. The first kappa shape index (κ1) is 26.1. The van der Waals surface area contributed by atoms with Gasteiger partial charge in [0, 0.05) is 10.6 Å². The lowest BCUT2D eigenvalue weighted by Crippen LogP contribution is -2.39.